The van der Waals surface area contributed by atoms with Gasteiger partial charge in [0.05, 0.1) is 12.6 Å². The summed E-state index contributed by atoms with van der Waals surface area (Å²) in [5.74, 6) is -0.910. The first-order chi connectivity index (χ1) is 19.8. The monoisotopic (exact) mass is 603 g/mol. The molecule has 0 aliphatic rings. The molecule has 0 saturated carbocycles. The lowest BCUT2D eigenvalue weighted by molar-refractivity contribution is -0.139. The van der Waals surface area contributed by atoms with Crippen LogP contribution in [0.4, 0.5) is 9.59 Å². The molecule has 0 rings (SSSR count). The molecule has 0 aliphatic heterocycles. The molecular weight excluding hydrogens is 538 g/mol. The molecule has 250 valence electrons. The van der Waals surface area contributed by atoms with Crippen LogP contribution in [-0.2, 0) is 14.3 Å². The number of aliphatic carboxylic acids is 1. The maximum absolute atomic E-state index is 11.8. The number of hydrogen-bond donors (Lipinski definition) is 5. The van der Waals surface area contributed by atoms with E-state index < -0.39 is 35.8 Å². The first-order valence-corrected chi connectivity index (χ1v) is 16.3. The molecule has 10 heteroatoms. The van der Waals surface area contributed by atoms with E-state index in [4.69, 9.17) is 20.3 Å². The third-order valence-electron chi connectivity index (χ3n) is 6.66. The van der Waals surface area contributed by atoms with Gasteiger partial charge in [0, 0.05) is 6.54 Å². The molecule has 0 heterocycles. The number of rotatable bonds is 23. The van der Waals surface area contributed by atoms with Crippen molar-refractivity contribution in [2.75, 3.05) is 19.8 Å². The summed E-state index contributed by atoms with van der Waals surface area (Å²) in [6, 6.07) is -1.41. The summed E-state index contributed by atoms with van der Waals surface area (Å²) in [6.07, 6.45) is 19.9. The van der Waals surface area contributed by atoms with Crippen LogP contribution in [0.3, 0.4) is 0 Å². The summed E-state index contributed by atoms with van der Waals surface area (Å²) >= 11 is 0. The summed E-state index contributed by atoms with van der Waals surface area (Å²) < 4.78 is 10.2. The van der Waals surface area contributed by atoms with Crippen LogP contribution in [-0.4, -0.2) is 65.8 Å². The fraction of sp³-hybridized carbons (Fsp3) is 0.906. The number of carbonyl (C=O) groups is 3. The van der Waals surface area contributed by atoms with E-state index in [1.807, 2.05) is 0 Å². The molecule has 2 amide bonds. The van der Waals surface area contributed by atoms with Gasteiger partial charge in [0.15, 0.2) is 0 Å². The van der Waals surface area contributed by atoms with Gasteiger partial charge < -0.3 is 36.1 Å². The number of ether oxygens (including phenoxy) is 2. The van der Waals surface area contributed by atoms with Crippen LogP contribution in [0.2, 0.25) is 0 Å². The van der Waals surface area contributed by atoms with Gasteiger partial charge in [0.2, 0.25) is 0 Å². The fourth-order valence-corrected chi connectivity index (χ4v) is 3.99. The number of unbranched alkanes of at least 4 members (excludes halogenated alkanes) is 15. The SMILES string of the molecule is CC(C)[C@H](N)C(=O)O.CCCCCCCCCCCCCCCCCCNC(=O)OCC(CO)NC(=O)OC(C)(C)C. The number of alkyl carbamates (subject to hydrolysis) is 2. The topological polar surface area (TPSA) is 160 Å². The van der Waals surface area contributed by atoms with Crippen LogP contribution in [0.25, 0.3) is 0 Å². The summed E-state index contributed by atoms with van der Waals surface area (Å²) in [5.41, 5.74) is 4.53. The number of hydrogen-bond acceptors (Lipinski definition) is 7. The maximum Gasteiger partial charge on any atom is 0.408 e. The lowest BCUT2D eigenvalue weighted by Gasteiger charge is -2.22. The molecule has 0 fully saturated rings. The number of aliphatic hydroxyl groups is 1. The van der Waals surface area contributed by atoms with Crippen molar-refractivity contribution in [2.24, 2.45) is 11.7 Å². The minimum absolute atomic E-state index is 0.0208. The lowest BCUT2D eigenvalue weighted by Crippen LogP contribution is -2.44. The van der Waals surface area contributed by atoms with E-state index in [1.165, 1.54) is 89.9 Å². The molecular formula is C32H65N3O7. The number of nitrogens with one attached hydrogen (secondary N) is 2. The molecule has 42 heavy (non-hydrogen) atoms. The molecule has 6 N–H and O–H groups in total. The Kier molecular flexibility index (Phi) is 27.8. The van der Waals surface area contributed by atoms with Crippen molar-refractivity contribution in [1.82, 2.24) is 10.6 Å². The Bertz CT molecular complexity index is 669. The van der Waals surface area contributed by atoms with E-state index in [0.29, 0.717) is 6.54 Å². The zero-order valence-corrected chi connectivity index (χ0v) is 27.7. The van der Waals surface area contributed by atoms with Crippen molar-refractivity contribution >= 4 is 18.2 Å². The Morgan fingerprint density at radius 1 is 0.762 bits per heavy atom. The molecule has 0 spiro atoms. The van der Waals surface area contributed by atoms with Gasteiger partial charge in [-0.1, -0.05) is 117 Å². The normalized spacial score (nSPS) is 12.6. The first-order valence-electron chi connectivity index (χ1n) is 16.3. The highest BCUT2D eigenvalue weighted by molar-refractivity contribution is 5.73. The molecule has 0 aliphatic carbocycles. The van der Waals surface area contributed by atoms with E-state index in [0.717, 1.165) is 12.8 Å². The van der Waals surface area contributed by atoms with Gasteiger partial charge in [-0.15, -0.1) is 0 Å². The maximum atomic E-state index is 11.8. The standard InChI is InChI=1S/C27H54N2O5.C5H11NO2/c1-5-6-7-8-9-10-11-12-13-14-15-16-17-18-19-20-21-28-25(31)33-23-24(22-30)29-26(32)34-27(2,3)4;1-3(2)4(6)5(7)8/h24,30H,5-23H2,1-4H3,(H,28,31)(H,29,32);3-4H,6H2,1-2H3,(H,7,8)/t;4-/m.0/s1. The molecule has 10 nitrogen and oxygen atoms in total. The lowest BCUT2D eigenvalue weighted by atomic mass is 10.0. The number of aliphatic hydroxyl groups excluding tert-OH is 1. The second kappa shape index (κ2) is 27.7. The quantitative estimate of drug-likeness (QED) is 0.0787. The fourth-order valence-electron chi connectivity index (χ4n) is 3.99. The Morgan fingerprint density at radius 2 is 1.19 bits per heavy atom. The number of carbonyl (C=O) groups excluding carboxylic acids is 2. The van der Waals surface area contributed by atoms with Gasteiger partial charge >= 0.3 is 18.2 Å². The van der Waals surface area contributed by atoms with Crippen LogP contribution in [0.5, 0.6) is 0 Å². The molecule has 0 radical (unpaired) electrons. The van der Waals surface area contributed by atoms with Crippen molar-refractivity contribution in [3.63, 3.8) is 0 Å². The van der Waals surface area contributed by atoms with Gasteiger partial charge in [0.25, 0.3) is 0 Å². The molecule has 0 saturated heterocycles. The van der Waals surface area contributed by atoms with Gasteiger partial charge in [-0.05, 0) is 33.1 Å². The van der Waals surface area contributed by atoms with Crippen molar-refractivity contribution in [3.05, 3.63) is 0 Å². The zero-order chi connectivity index (χ0) is 32.2. The van der Waals surface area contributed by atoms with E-state index in [2.05, 4.69) is 17.6 Å². The number of nitrogens with two attached hydrogens (primary N) is 1. The highest BCUT2D eigenvalue weighted by atomic mass is 16.6. The predicted octanol–water partition coefficient (Wildman–Crippen LogP) is 6.91. The van der Waals surface area contributed by atoms with Crippen LogP contribution >= 0.6 is 0 Å². The van der Waals surface area contributed by atoms with Gasteiger partial charge in [0.1, 0.15) is 18.2 Å². The Balaban J connectivity index is 0. The van der Waals surface area contributed by atoms with Crippen LogP contribution < -0.4 is 16.4 Å². The summed E-state index contributed by atoms with van der Waals surface area (Å²) in [5, 5.41) is 22.8. The number of carboxylic acid groups (broad SMARTS) is 1. The Labute approximate surface area is 256 Å². The second-order valence-corrected chi connectivity index (χ2v) is 12.5. The molecule has 2 atom stereocenters. The minimum Gasteiger partial charge on any atom is -0.480 e. The highest BCUT2D eigenvalue weighted by Gasteiger charge is 2.20. The third kappa shape index (κ3) is 30.9. The smallest absolute Gasteiger partial charge is 0.408 e. The summed E-state index contributed by atoms with van der Waals surface area (Å²) in [7, 11) is 0. The zero-order valence-electron chi connectivity index (χ0n) is 27.7. The summed E-state index contributed by atoms with van der Waals surface area (Å²) in [6.45, 7) is 11.2. The number of amides is 2. The molecule has 0 aromatic heterocycles. The molecule has 0 aromatic carbocycles. The van der Waals surface area contributed by atoms with Crippen LogP contribution in [0.15, 0.2) is 0 Å². The van der Waals surface area contributed by atoms with Crippen LogP contribution in [0, 0.1) is 5.92 Å². The average molecular weight is 604 g/mol. The van der Waals surface area contributed by atoms with Gasteiger partial charge in [-0.2, -0.15) is 0 Å². The Hall–Kier alpha value is -2.07. The average Bonchev–Trinajstić information content (AvgIpc) is 2.91. The van der Waals surface area contributed by atoms with Crippen molar-refractivity contribution in [2.45, 2.75) is 162 Å². The largest absolute Gasteiger partial charge is 0.480 e. The highest BCUT2D eigenvalue weighted by Crippen LogP contribution is 2.13. The minimum atomic E-state index is -0.931. The van der Waals surface area contributed by atoms with E-state index in [-0.39, 0.29) is 19.1 Å². The van der Waals surface area contributed by atoms with Crippen molar-refractivity contribution in [1.29, 1.82) is 0 Å². The van der Waals surface area contributed by atoms with E-state index in [9.17, 15) is 19.5 Å². The van der Waals surface area contributed by atoms with E-state index in [1.54, 1.807) is 34.6 Å². The first kappa shape index (κ1) is 42.1. The third-order valence-corrected chi connectivity index (χ3v) is 6.66. The van der Waals surface area contributed by atoms with Crippen LogP contribution in [0.1, 0.15) is 144 Å². The number of carboxylic acids is 1. The summed E-state index contributed by atoms with van der Waals surface area (Å²) in [4.78, 5) is 33.5. The predicted molar refractivity (Wildman–Crippen MR) is 170 cm³/mol. The van der Waals surface area contributed by atoms with Gasteiger partial charge in [-0.3, -0.25) is 4.79 Å². The Morgan fingerprint density at radius 3 is 1.52 bits per heavy atom. The molecule has 0 aromatic rings. The molecule has 0 bridgehead atoms. The van der Waals surface area contributed by atoms with Gasteiger partial charge in [-0.25, -0.2) is 9.59 Å². The van der Waals surface area contributed by atoms with E-state index >= 15 is 0 Å². The second-order valence-electron chi connectivity index (χ2n) is 12.5. The van der Waals surface area contributed by atoms with Crippen molar-refractivity contribution in [3.8, 4) is 0 Å². The van der Waals surface area contributed by atoms with Crippen molar-refractivity contribution < 1.29 is 34.1 Å². The molecule has 1 unspecified atom stereocenters.